The molecule has 0 aromatic rings. The molecule has 0 unspecified atom stereocenters. The molecule has 0 heterocycles. The molecule has 0 aliphatic heterocycles. The van der Waals surface area contributed by atoms with E-state index in [0.717, 1.165) is 29.6 Å². The fourth-order valence-electron chi connectivity index (χ4n) is 1.23. The molecule has 0 saturated heterocycles. The van der Waals surface area contributed by atoms with E-state index in [-0.39, 0.29) is 0 Å². The van der Waals surface area contributed by atoms with E-state index in [9.17, 15) is 0 Å². The minimum Gasteiger partial charge on any atom is -0.0958 e. The molecule has 0 heteroatoms. The minimum absolute atomic E-state index is 0.974. The highest BCUT2D eigenvalue weighted by molar-refractivity contribution is 5.47. The van der Waals surface area contributed by atoms with Gasteiger partial charge in [0, 0.05) is 0 Å². The maximum atomic E-state index is 4.11. The van der Waals surface area contributed by atoms with Crippen molar-refractivity contribution in [3.8, 4) is 0 Å². The number of hydrogen-bond donors (Lipinski definition) is 0. The van der Waals surface area contributed by atoms with Crippen molar-refractivity contribution in [1.82, 2.24) is 0 Å². The van der Waals surface area contributed by atoms with Crippen molar-refractivity contribution in [2.75, 3.05) is 0 Å². The van der Waals surface area contributed by atoms with Crippen molar-refractivity contribution in [3.05, 3.63) is 71.9 Å². The molecule has 0 rings (SSSR count). The van der Waals surface area contributed by atoms with Gasteiger partial charge in [-0.05, 0) is 37.8 Å². The molecule has 0 saturated carbocycles. The summed E-state index contributed by atoms with van der Waals surface area (Å²) in [6.45, 7) is 16.5. The first-order valence-electron chi connectivity index (χ1n) is 6.60. The van der Waals surface area contributed by atoms with Crippen LogP contribution in [0.4, 0.5) is 0 Å². The first kappa shape index (κ1) is 16.4. The molecular formula is C18H26. The fourth-order valence-corrected chi connectivity index (χ4v) is 1.23. The van der Waals surface area contributed by atoms with Gasteiger partial charge in [0.15, 0.2) is 0 Å². The number of rotatable bonds is 7. The Bertz CT molecular complexity index is 398. The largest absolute Gasteiger partial charge is 0.0958 e. The minimum atomic E-state index is 0.974. The molecule has 18 heavy (non-hydrogen) atoms. The molecule has 98 valence electrons. The Morgan fingerprint density at radius 1 is 0.944 bits per heavy atom. The SMILES string of the molecule is C=C(/C=C\C(=C)C(/C=C\C)=C/C=C(\C)CC)CC. The van der Waals surface area contributed by atoms with E-state index in [1.54, 1.807) is 0 Å². The Hall–Kier alpha value is -1.56. The van der Waals surface area contributed by atoms with Gasteiger partial charge in [-0.15, -0.1) is 0 Å². The quantitative estimate of drug-likeness (QED) is 0.486. The Kier molecular flexibility index (Phi) is 8.65. The third-order valence-electron chi connectivity index (χ3n) is 2.80. The van der Waals surface area contributed by atoms with Gasteiger partial charge in [0.1, 0.15) is 0 Å². The van der Waals surface area contributed by atoms with Gasteiger partial charge >= 0.3 is 0 Å². The smallest absolute Gasteiger partial charge is 0.0193 e. The van der Waals surface area contributed by atoms with Crippen LogP contribution in [0.15, 0.2) is 71.9 Å². The summed E-state index contributed by atoms with van der Waals surface area (Å²) in [7, 11) is 0. The zero-order chi connectivity index (χ0) is 14.0. The van der Waals surface area contributed by atoms with Crippen LogP contribution in [0.5, 0.6) is 0 Å². The van der Waals surface area contributed by atoms with Crippen molar-refractivity contribution in [2.24, 2.45) is 0 Å². The molecule has 0 aromatic heterocycles. The maximum absolute atomic E-state index is 4.11. The standard InChI is InChI=1S/C18H26/c1-7-10-18(14-12-16(5)9-3)17(6)13-11-15(4)8-2/h7,10-14H,4,6,8-9H2,1-3,5H3/b10-7-,13-11-,16-12+,18-14+. The van der Waals surface area contributed by atoms with E-state index in [2.05, 4.69) is 52.2 Å². The second-order valence-corrected chi connectivity index (χ2v) is 4.36. The summed E-state index contributed by atoms with van der Waals surface area (Å²) >= 11 is 0. The zero-order valence-corrected chi connectivity index (χ0v) is 12.3. The van der Waals surface area contributed by atoms with Gasteiger partial charge < -0.3 is 0 Å². The summed E-state index contributed by atoms with van der Waals surface area (Å²) in [5, 5.41) is 0. The monoisotopic (exact) mass is 242 g/mol. The fraction of sp³-hybridized carbons (Fsp3) is 0.333. The lowest BCUT2D eigenvalue weighted by molar-refractivity contribution is 1.10. The Balaban J connectivity index is 4.97. The highest BCUT2D eigenvalue weighted by Crippen LogP contribution is 2.14. The molecule has 0 aromatic carbocycles. The number of allylic oxidation sites excluding steroid dienone is 10. The van der Waals surface area contributed by atoms with Gasteiger partial charge in [-0.1, -0.05) is 74.6 Å². The van der Waals surface area contributed by atoms with Crippen LogP contribution < -0.4 is 0 Å². The van der Waals surface area contributed by atoms with Crippen LogP contribution in [0, 0.1) is 0 Å². The molecule has 0 N–H and O–H groups in total. The molecule has 0 nitrogen and oxygen atoms in total. The highest BCUT2D eigenvalue weighted by atomic mass is 14.0. The summed E-state index contributed by atoms with van der Waals surface area (Å²) in [6.07, 6.45) is 14.5. The van der Waals surface area contributed by atoms with Gasteiger partial charge in [0.25, 0.3) is 0 Å². The summed E-state index contributed by atoms with van der Waals surface area (Å²) in [4.78, 5) is 0. The van der Waals surface area contributed by atoms with Crippen LogP contribution in [0.2, 0.25) is 0 Å². The third-order valence-corrected chi connectivity index (χ3v) is 2.80. The van der Waals surface area contributed by atoms with Crippen LogP contribution >= 0.6 is 0 Å². The van der Waals surface area contributed by atoms with Crippen molar-refractivity contribution in [3.63, 3.8) is 0 Å². The topological polar surface area (TPSA) is 0 Å². The average Bonchev–Trinajstić information content (AvgIpc) is 2.39. The summed E-state index contributed by atoms with van der Waals surface area (Å²) in [5.41, 5.74) is 4.65. The lowest BCUT2D eigenvalue weighted by Gasteiger charge is -2.02. The van der Waals surface area contributed by atoms with E-state index in [0.29, 0.717) is 0 Å². The normalized spacial score (nSPS) is 13.6. The van der Waals surface area contributed by atoms with Crippen LogP contribution in [-0.2, 0) is 0 Å². The molecule has 0 radical (unpaired) electrons. The van der Waals surface area contributed by atoms with Gasteiger partial charge in [-0.3, -0.25) is 0 Å². The van der Waals surface area contributed by atoms with Crippen LogP contribution in [-0.4, -0.2) is 0 Å². The molecule has 0 bridgehead atoms. The second kappa shape index (κ2) is 9.47. The van der Waals surface area contributed by atoms with Crippen LogP contribution in [0.3, 0.4) is 0 Å². The van der Waals surface area contributed by atoms with E-state index in [1.807, 2.05) is 25.2 Å². The number of hydrogen-bond acceptors (Lipinski definition) is 0. The van der Waals surface area contributed by atoms with Crippen molar-refractivity contribution < 1.29 is 0 Å². The Morgan fingerprint density at radius 2 is 1.61 bits per heavy atom. The van der Waals surface area contributed by atoms with E-state index < -0.39 is 0 Å². The summed E-state index contributed by atoms with van der Waals surface area (Å²) < 4.78 is 0. The average molecular weight is 242 g/mol. The first-order valence-corrected chi connectivity index (χ1v) is 6.60. The maximum Gasteiger partial charge on any atom is -0.0193 e. The van der Waals surface area contributed by atoms with Gasteiger partial charge in [-0.2, -0.15) is 0 Å². The molecule has 0 atom stereocenters. The van der Waals surface area contributed by atoms with Gasteiger partial charge in [0.05, 0.1) is 0 Å². The Morgan fingerprint density at radius 3 is 2.11 bits per heavy atom. The van der Waals surface area contributed by atoms with Gasteiger partial charge in [0.2, 0.25) is 0 Å². The molecular weight excluding hydrogens is 216 g/mol. The van der Waals surface area contributed by atoms with E-state index in [1.165, 1.54) is 5.57 Å². The van der Waals surface area contributed by atoms with E-state index >= 15 is 0 Å². The molecule has 0 aliphatic rings. The van der Waals surface area contributed by atoms with Crippen molar-refractivity contribution in [2.45, 2.75) is 40.5 Å². The summed E-state index contributed by atoms with van der Waals surface area (Å²) in [6, 6.07) is 0. The Labute approximate surface area is 113 Å². The molecule has 0 spiro atoms. The highest BCUT2D eigenvalue weighted by Gasteiger charge is 1.94. The van der Waals surface area contributed by atoms with E-state index in [4.69, 9.17) is 0 Å². The molecule has 0 amide bonds. The van der Waals surface area contributed by atoms with Gasteiger partial charge in [-0.25, -0.2) is 0 Å². The van der Waals surface area contributed by atoms with Crippen LogP contribution in [0.1, 0.15) is 40.5 Å². The van der Waals surface area contributed by atoms with Crippen LogP contribution in [0.25, 0.3) is 0 Å². The predicted octanol–water partition coefficient (Wildman–Crippen LogP) is 5.92. The lowest BCUT2D eigenvalue weighted by Crippen LogP contribution is -1.82. The second-order valence-electron chi connectivity index (χ2n) is 4.36. The zero-order valence-electron chi connectivity index (χ0n) is 12.3. The molecule has 0 aliphatic carbocycles. The lowest BCUT2D eigenvalue weighted by atomic mass is 10.0. The first-order chi connectivity index (χ1) is 8.54. The van der Waals surface area contributed by atoms with Crippen molar-refractivity contribution >= 4 is 0 Å². The molecule has 0 fully saturated rings. The summed E-state index contributed by atoms with van der Waals surface area (Å²) in [5.74, 6) is 0. The third kappa shape index (κ3) is 6.90. The predicted molar refractivity (Wildman–Crippen MR) is 84.7 cm³/mol. The van der Waals surface area contributed by atoms with Crippen molar-refractivity contribution in [1.29, 1.82) is 0 Å².